The van der Waals surface area contributed by atoms with Gasteiger partial charge in [0, 0.05) is 55.1 Å². The minimum atomic E-state index is -4.49. The van der Waals surface area contributed by atoms with E-state index in [4.69, 9.17) is 10.2 Å². The highest BCUT2D eigenvalue weighted by molar-refractivity contribution is 7.23. The van der Waals surface area contributed by atoms with Gasteiger partial charge in [0.05, 0.1) is 5.56 Å². The van der Waals surface area contributed by atoms with Crippen LogP contribution in [0.3, 0.4) is 0 Å². The standard InChI is InChI=1S/C20H17F3N8OS/c1-29-10-14(20(21,22)23)26-18(29)30-5-7-31(8-6-30)19-28-27-17(32-19)11-3-2-4-13-15(11)12(9-24)16(25)33-13/h2-4,10H,5-8,25H2,1H3. The summed E-state index contributed by atoms with van der Waals surface area (Å²) in [6, 6.07) is 7.94. The largest absolute Gasteiger partial charge is 0.434 e. The molecule has 0 aliphatic carbocycles. The van der Waals surface area contributed by atoms with E-state index in [0.717, 1.165) is 10.9 Å². The molecule has 0 atom stereocenters. The van der Waals surface area contributed by atoms with Gasteiger partial charge in [-0.1, -0.05) is 11.2 Å². The first kappa shape index (κ1) is 21.1. The lowest BCUT2D eigenvalue weighted by molar-refractivity contribution is -0.140. The van der Waals surface area contributed by atoms with E-state index in [2.05, 4.69) is 21.3 Å². The van der Waals surface area contributed by atoms with Crippen LogP contribution < -0.4 is 15.5 Å². The van der Waals surface area contributed by atoms with E-state index in [0.29, 0.717) is 53.7 Å². The molecule has 1 fully saturated rings. The average molecular weight is 474 g/mol. The first-order chi connectivity index (χ1) is 15.8. The fraction of sp³-hybridized carbons (Fsp3) is 0.300. The first-order valence-electron chi connectivity index (χ1n) is 9.91. The maximum absolute atomic E-state index is 13.0. The zero-order chi connectivity index (χ0) is 23.3. The number of benzene rings is 1. The molecule has 9 nitrogen and oxygen atoms in total. The van der Waals surface area contributed by atoms with Crippen LogP contribution in [0.4, 0.5) is 30.1 Å². The summed E-state index contributed by atoms with van der Waals surface area (Å²) in [5.74, 6) is 0.533. The number of hydrogen-bond donors (Lipinski definition) is 1. The summed E-state index contributed by atoms with van der Waals surface area (Å²) in [6.45, 7) is 1.81. The van der Waals surface area contributed by atoms with Crippen molar-refractivity contribution < 1.29 is 17.6 Å². The second kappa shape index (κ2) is 7.66. The Balaban J connectivity index is 1.35. The number of anilines is 3. The number of piperazine rings is 1. The third-order valence-corrected chi connectivity index (χ3v) is 6.46. The van der Waals surface area contributed by atoms with E-state index >= 15 is 0 Å². The predicted molar refractivity (Wildman–Crippen MR) is 117 cm³/mol. The molecule has 170 valence electrons. The van der Waals surface area contributed by atoms with E-state index in [1.165, 1.54) is 15.9 Å². The van der Waals surface area contributed by atoms with Gasteiger partial charge in [-0.3, -0.25) is 0 Å². The van der Waals surface area contributed by atoms with Crippen molar-refractivity contribution >= 4 is 38.4 Å². The van der Waals surface area contributed by atoms with Crippen LogP contribution in [0.15, 0.2) is 28.8 Å². The van der Waals surface area contributed by atoms with Crippen LogP contribution in [0.25, 0.3) is 21.5 Å². The van der Waals surface area contributed by atoms with Crippen LogP contribution in [0.5, 0.6) is 0 Å². The van der Waals surface area contributed by atoms with Gasteiger partial charge in [-0.25, -0.2) is 4.98 Å². The van der Waals surface area contributed by atoms with E-state index < -0.39 is 11.9 Å². The van der Waals surface area contributed by atoms with Crippen LogP contribution in [-0.2, 0) is 13.2 Å². The third kappa shape index (κ3) is 3.62. The molecule has 1 saturated heterocycles. The van der Waals surface area contributed by atoms with Gasteiger partial charge in [0.25, 0.3) is 0 Å². The van der Waals surface area contributed by atoms with Crippen LogP contribution in [-0.4, -0.2) is 45.9 Å². The molecule has 3 aromatic heterocycles. The van der Waals surface area contributed by atoms with E-state index in [1.807, 2.05) is 17.0 Å². The maximum Gasteiger partial charge on any atom is 0.434 e. The number of nitrogens with zero attached hydrogens (tertiary/aromatic N) is 7. The lowest BCUT2D eigenvalue weighted by Crippen LogP contribution is -2.47. The molecule has 0 spiro atoms. The monoisotopic (exact) mass is 474 g/mol. The van der Waals surface area contributed by atoms with Gasteiger partial charge >= 0.3 is 12.2 Å². The second-order valence-corrected chi connectivity index (χ2v) is 8.61. The number of halogens is 3. The van der Waals surface area contributed by atoms with Crippen molar-refractivity contribution in [2.75, 3.05) is 41.7 Å². The third-order valence-electron chi connectivity index (χ3n) is 5.47. The van der Waals surface area contributed by atoms with Gasteiger partial charge in [0.15, 0.2) is 5.69 Å². The number of thiophene rings is 1. The Bertz CT molecular complexity index is 1370. The maximum atomic E-state index is 13.0. The zero-order valence-electron chi connectivity index (χ0n) is 17.3. The summed E-state index contributed by atoms with van der Waals surface area (Å²) in [6.07, 6.45) is -3.50. The molecule has 0 saturated carbocycles. The Morgan fingerprint density at radius 2 is 1.88 bits per heavy atom. The minimum Gasteiger partial charge on any atom is -0.403 e. The van der Waals surface area contributed by atoms with Crippen LogP contribution >= 0.6 is 11.3 Å². The molecular formula is C20H17F3N8OS. The van der Waals surface area contributed by atoms with Crippen molar-refractivity contribution in [3.8, 4) is 17.5 Å². The van der Waals surface area contributed by atoms with Gasteiger partial charge in [-0.05, 0) is 12.1 Å². The van der Waals surface area contributed by atoms with Crippen LogP contribution in [0.1, 0.15) is 11.3 Å². The Morgan fingerprint density at radius 1 is 1.15 bits per heavy atom. The molecule has 2 N–H and O–H groups in total. The summed E-state index contributed by atoms with van der Waals surface area (Å²) in [5.41, 5.74) is 6.07. The Morgan fingerprint density at radius 3 is 2.55 bits per heavy atom. The highest BCUT2D eigenvalue weighted by Crippen LogP contribution is 2.39. The van der Waals surface area contributed by atoms with Crippen molar-refractivity contribution in [3.05, 3.63) is 35.7 Å². The Kier molecular flexibility index (Phi) is 4.89. The molecule has 4 aromatic rings. The lowest BCUT2D eigenvalue weighted by atomic mass is 10.1. The number of rotatable bonds is 3. The van der Waals surface area contributed by atoms with Crippen molar-refractivity contribution in [2.45, 2.75) is 6.18 Å². The fourth-order valence-electron chi connectivity index (χ4n) is 3.89. The number of nitrogens with two attached hydrogens (primary N) is 1. The molecule has 1 aromatic carbocycles. The van der Waals surface area contributed by atoms with Crippen molar-refractivity contribution in [2.24, 2.45) is 7.05 Å². The number of imidazole rings is 1. The molecule has 1 aliphatic heterocycles. The second-order valence-electron chi connectivity index (χ2n) is 7.53. The number of hydrogen-bond acceptors (Lipinski definition) is 9. The normalized spacial score (nSPS) is 14.8. The average Bonchev–Trinajstić information content (AvgIpc) is 3.49. The number of nitriles is 1. The summed E-state index contributed by atoms with van der Waals surface area (Å²) < 4.78 is 47.0. The smallest absolute Gasteiger partial charge is 0.403 e. The highest BCUT2D eigenvalue weighted by Gasteiger charge is 2.35. The quantitative estimate of drug-likeness (QED) is 0.480. The Hall–Kier alpha value is -3.79. The number of alkyl halides is 3. The number of aromatic nitrogens is 4. The molecule has 33 heavy (non-hydrogen) atoms. The number of aryl methyl sites for hydroxylation is 1. The predicted octanol–water partition coefficient (Wildman–Crippen LogP) is 3.48. The zero-order valence-corrected chi connectivity index (χ0v) is 18.1. The summed E-state index contributed by atoms with van der Waals surface area (Å²) in [5, 5.41) is 18.9. The number of nitrogen functional groups attached to an aromatic ring is 1. The van der Waals surface area contributed by atoms with E-state index in [1.54, 1.807) is 18.0 Å². The van der Waals surface area contributed by atoms with Crippen molar-refractivity contribution in [1.82, 2.24) is 19.7 Å². The molecule has 0 amide bonds. The molecule has 0 bridgehead atoms. The van der Waals surface area contributed by atoms with Crippen molar-refractivity contribution in [3.63, 3.8) is 0 Å². The lowest BCUT2D eigenvalue weighted by Gasteiger charge is -2.34. The van der Waals surface area contributed by atoms with E-state index in [-0.39, 0.29) is 11.8 Å². The molecule has 4 heterocycles. The molecular weight excluding hydrogens is 457 g/mol. The topological polar surface area (TPSA) is 113 Å². The highest BCUT2D eigenvalue weighted by atomic mass is 32.1. The summed E-state index contributed by atoms with van der Waals surface area (Å²) >= 11 is 1.32. The molecule has 0 radical (unpaired) electrons. The fourth-order valence-corrected chi connectivity index (χ4v) is 4.84. The SMILES string of the molecule is Cn1cc(C(F)(F)F)nc1N1CCN(c2nnc(-c3cccc4sc(N)c(C#N)c34)o2)CC1. The van der Waals surface area contributed by atoms with Gasteiger partial charge in [-0.2, -0.15) is 18.4 Å². The number of fused-ring (bicyclic) bond motifs is 1. The van der Waals surface area contributed by atoms with E-state index in [9.17, 15) is 18.4 Å². The van der Waals surface area contributed by atoms with Crippen LogP contribution in [0.2, 0.25) is 0 Å². The van der Waals surface area contributed by atoms with Crippen LogP contribution in [0, 0.1) is 11.3 Å². The van der Waals surface area contributed by atoms with Gasteiger partial charge < -0.3 is 24.5 Å². The van der Waals surface area contributed by atoms with Gasteiger partial charge in [0.2, 0.25) is 11.8 Å². The van der Waals surface area contributed by atoms with Gasteiger partial charge in [-0.15, -0.1) is 16.4 Å². The molecule has 0 unspecified atom stereocenters. The Labute approximate surface area is 189 Å². The molecule has 5 rings (SSSR count). The summed E-state index contributed by atoms with van der Waals surface area (Å²) in [7, 11) is 1.54. The first-order valence-corrected chi connectivity index (χ1v) is 10.7. The molecule has 1 aliphatic rings. The van der Waals surface area contributed by atoms with Crippen molar-refractivity contribution in [1.29, 1.82) is 5.26 Å². The summed E-state index contributed by atoms with van der Waals surface area (Å²) in [4.78, 5) is 7.41. The van der Waals surface area contributed by atoms with Gasteiger partial charge in [0.1, 0.15) is 11.1 Å². The molecule has 13 heteroatoms. The minimum absolute atomic E-state index is 0.263.